The quantitative estimate of drug-likeness (QED) is 0.552. The molecule has 3 rings (SSSR count). The van der Waals surface area contributed by atoms with E-state index < -0.39 is 0 Å². The topological polar surface area (TPSA) is 0 Å². The lowest BCUT2D eigenvalue weighted by molar-refractivity contribution is 0.504. The third-order valence-corrected chi connectivity index (χ3v) is 4.49. The van der Waals surface area contributed by atoms with E-state index in [4.69, 9.17) is 0 Å². The normalized spacial score (nSPS) is 30.8. The number of hydrogen-bond acceptors (Lipinski definition) is 0. The number of fused-ring (bicyclic) bond motifs is 2. The molecule has 0 aliphatic heterocycles. The predicted octanol–water partition coefficient (Wildman–Crippen LogP) is 4.57. The zero-order valence-electron chi connectivity index (χ0n) is 10.5. The zero-order chi connectivity index (χ0) is 11.3. The molecule has 0 amide bonds. The highest BCUT2D eigenvalue weighted by atomic mass is 14.5. The summed E-state index contributed by atoms with van der Waals surface area (Å²) in [7, 11) is 0. The van der Waals surface area contributed by atoms with E-state index in [-0.39, 0.29) is 0 Å². The molecule has 3 aliphatic carbocycles. The van der Waals surface area contributed by atoms with Crippen LogP contribution in [0.2, 0.25) is 0 Å². The van der Waals surface area contributed by atoms with Crippen LogP contribution in [-0.4, -0.2) is 0 Å². The SMILES string of the molecule is CC1=CCC2C(=C1)C(C)(C)C1=C2C=CCC1. The van der Waals surface area contributed by atoms with Crippen molar-refractivity contribution in [3.63, 3.8) is 0 Å². The van der Waals surface area contributed by atoms with Crippen LogP contribution in [0.4, 0.5) is 0 Å². The van der Waals surface area contributed by atoms with E-state index in [1.165, 1.54) is 24.8 Å². The Balaban J connectivity index is 2.14. The minimum Gasteiger partial charge on any atom is -0.0839 e. The van der Waals surface area contributed by atoms with E-state index in [2.05, 4.69) is 45.1 Å². The average Bonchev–Trinajstić information content (AvgIpc) is 2.49. The predicted molar refractivity (Wildman–Crippen MR) is 69.1 cm³/mol. The van der Waals surface area contributed by atoms with Gasteiger partial charge in [-0.1, -0.05) is 54.9 Å². The third kappa shape index (κ3) is 1.22. The van der Waals surface area contributed by atoms with Crippen LogP contribution in [0.5, 0.6) is 0 Å². The summed E-state index contributed by atoms with van der Waals surface area (Å²) in [6.07, 6.45) is 13.3. The van der Waals surface area contributed by atoms with Gasteiger partial charge in [-0.25, -0.2) is 0 Å². The molecule has 0 nitrogen and oxygen atoms in total. The van der Waals surface area contributed by atoms with Crippen LogP contribution >= 0.6 is 0 Å². The first-order chi connectivity index (χ1) is 7.60. The van der Waals surface area contributed by atoms with Crippen molar-refractivity contribution in [2.45, 2.75) is 40.0 Å². The van der Waals surface area contributed by atoms with Crippen LogP contribution in [0.1, 0.15) is 40.0 Å². The van der Waals surface area contributed by atoms with Crippen LogP contribution in [0.25, 0.3) is 0 Å². The van der Waals surface area contributed by atoms with Gasteiger partial charge in [0.1, 0.15) is 0 Å². The van der Waals surface area contributed by atoms with Crippen molar-refractivity contribution in [2.75, 3.05) is 0 Å². The largest absolute Gasteiger partial charge is 0.0839 e. The van der Waals surface area contributed by atoms with E-state index >= 15 is 0 Å². The van der Waals surface area contributed by atoms with Crippen LogP contribution in [0.15, 0.2) is 46.6 Å². The van der Waals surface area contributed by atoms with Gasteiger partial charge in [-0.15, -0.1) is 0 Å². The summed E-state index contributed by atoms with van der Waals surface area (Å²) in [5.41, 5.74) is 6.74. The average molecular weight is 212 g/mol. The molecule has 0 aromatic heterocycles. The van der Waals surface area contributed by atoms with Crippen molar-refractivity contribution in [1.82, 2.24) is 0 Å². The first-order valence-corrected chi connectivity index (χ1v) is 6.39. The first kappa shape index (κ1) is 10.1. The molecular formula is C16H20. The molecule has 0 radical (unpaired) electrons. The van der Waals surface area contributed by atoms with Crippen LogP contribution in [-0.2, 0) is 0 Å². The molecule has 3 aliphatic rings. The number of rotatable bonds is 0. The summed E-state index contributed by atoms with van der Waals surface area (Å²) in [6, 6.07) is 0. The Bertz CT molecular complexity index is 452. The molecule has 0 fully saturated rings. The highest BCUT2D eigenvalue weighted by molar-refractivity contribution is 5.54. The Labute approximate surface area is 98.4 Å². The summed E-state index contributed by atoms with van der Waals surface area (Å²) in [5.74, 6) is 0.685. The van der Waals surface area contributed by atoms with Crippen LogP contribution in [0.3, 0.4) is 0 Å². The minimum atomic E-state index is 0.306. The highest BCUT2D eigenvalue weighted by Crippen LogP contribution is 2.55. The Hall–Kier alpha value is -1.04. The standard InChI is InChI=1S/C16H20/c1-11-8-9-13-12-6-4-5-7-14(12)16(2,3)15(13)10-11/h4,6,8,10,13H,5,7,9H2,1-3H3. The van der Waals surface area contributed by atoms with Gasteiger partial charge in [0.2, 0.25) is 0 Å². The second kappa shape index (κ2) is 3.23. The molecule has 1 unspecified atom stereocenters. The fourth-order valence-corrected chi connectivity index (χ4v) is 3.60. The van der Waals surface area contributed by atoms with E-state index in [0.29, 0.717) is 11.3 Å². The lowest BCUT2D eigenvalue weighted by atomic mass is 9.75. The number of hydrogen-bond donors (Lipinski definition) is 0. The Kier molecular flexibility index (Phi) is 2.04. The molecular weight excluding hydrogens is 192 g/mol. The van der Waals surface area contributed by atoms with Gasteiger partial charge in [-0.3, -0.25) is 0 Å². The van der Waals surface area contributed by atoms with Crippen molar-refractivity contribution in [3.8, 4) is 0 Å². The second-order valence-corrected chi connectivity index (χ2v) is 5.84. The summed E-state index contributed by atoms with van der Waals surface area (Å²) < 4.78 is 0. The van der Waals surface area contributed by atoms with E-state index in [9.17, 15) is 0 Å². The Morgan fingerprint density at radius 1 is 1.31 bits per heavy atom. The van der Waals surface area contributed by atoms with Gasteiger partial charge in [0.25, 0.3) is 0 Å². The van der Waals surface area contributed by atoms with E-state index in [1.54, 1.807) is 16.7 Å². The van der Waals surface area contributed by atoms with Gasteiger partial charge in [-0.2, -0.15) is 0 Å². The van der Waals surface area contributed by atoms with E-state index in [1.807, 2.05) is 0 Å². The molecule has 0 saturated carbocycles. The smallest absolute Gasteiger partial charge is 0.00944 e. The lowest BCUT2D eigenvalue weighted by Gasteiger charge is -2.29. The molecule has 0 aromatic rings. The monoisotopic (exact) mass is 212 g/mol. The molecule has 1 atom stereocenters. The Morgan fingerprint density at radius 3 is 2.94 bits per heavy atom. The fourth-order valence-electron chi connectivity index (χ4n) is 3.60. The third-order valence-electron chi connectivity index (χ3n) is 4.49. The fraction of sp³-hybridized carbons (Fsp3) is 0.500. The summed E-state index contributed by atoms with van der Waals surface area (Å²) in [6.45, 7) is 7.05. The van der Waals surface area contributed by atoms with Crippen molar-refractivity contribution < 1.29 is 0 Å². The van der Waals surface area contributed by atoms with Gasteiger partial charge >= 0.3 is 0 Å². The van der Waals surface area contributed by atoms with Gasteiger partial charge in [0.15, 0.2) is 0 Å². The van der Waals surface area contributed by atoms with Crippen molar-refractivity contribution in [1.29, 1.82) is 0 Å². The van der Waals surface area contributed by atoms with Gasteiger partial charge in [-0.05, 0) is 31.8 Å². The van der Waals surface area contributed by atoms with Crippen molar-refractivity contribution in [3.05, 3.63) is 46.6 Å². The maximum Gasteiger partial charge on any atom is 0.00944 e. The molecule has 0 saturated heterocycles. The first-order valence-electron chi connectivity index (χ1n) is 6.39. The zero-order valence-corrected chi connectivity index (χ0v) is 10.5. The van der Waals surface area contributed by atoms with Gasteiger partial charge < -0.3 is 0 Å². The number of allylic oxidation sites excluding steroid dienone is 8. The summed E-state index contributed by atoms with van der Waals surface area (Å²) in [4.78, 5) is 0. The molecule has 0 aromatic carbocycles. The minimum absolute atomic E-state index is 0.306. The molecule has 0 bridgehead atoms. The maximum absolute atomic E-state index is 2.43. The van der Waals surface area contributed by atoms with Crippen LogP contribution in [0, 0.1) is 11.3 Å². The summed E-state index contributed by atoms with van der Waals surface area (Å²) in [5, 5.41) is 0. The molecule has 0 heterocycles. The highest BCUT2D eigenvalue weighted by Gasteiger charge is 2.42. The summed E-state index contributed by atoms with van der Waals surface area (Å²) >= 11 is 0. The van der Waals surface area contributed by atoms with Gasteiger partial charge in [0.05, 0.1) is 0 Å². The molecule has 16 heavy (non-hydrogen) atoms. The lowest BCUT2D eigenvalue weighted by Crippen LogP contribution is -2.17. The Morgan fingerprint density at radius 2 is 2.12 bits per heavy atom. The second-order valence-electron chi connectivity index (χ2n) is 5.84. The van der Waals surface area contributed by atoms with Crippen molar-refractivity contribution >= 4 is 0 Å². The molecule has 84 valence electrons. The van der Waals surface area contributed by atoms with Crippen molar-refractivity contribution in [2.24, 2.45) is 11.3 Å². The molecule has 0 heteroatoms. The molecule has 0 spiro atoms. The molecule has 0 N–H and O–H groups in total. The van der Waals surface area contributed by atoms with E-state index in [0.717, 1.165) is 0 Å². The maximum atomic E-state index is 2.43. The van der Waals surface area contributed by atoms with Gasteiger partial charge in [0, 0.05) is 11.3 Å². The van der Waals surface area contributed by atoms with Crippen LogP contribution < -0.4 is 0 Å².